The number of hydrogen-bond acceptors (Lipinski definition) is 4. The van der Waals surface area contributed by atoms with Crippen molar-refractivity contribution in [2.75, 3.05) is 32.7 Å². The molecule has 1 aromatic carbocycles. The van der Waals surface area contributed by atoms with Crippen molar-refractivity contribution in [3.63, 3.8) is 0 Å². The molecule has 2 aliphatic rings. The van der Waals surface area contributed by atoms with Crippen LogP contribution in [-0.4, -0.2) is 68.9 Å². The molecule has 3 amide bonds. The summed E-state index contributed by atoms with van der Waals surface area (Å²) in [5, 5.41) is 2.74. The van der Waals surface area contributed by atoms with Crippen molar-refractivity contribution in [3.8, 4) is 0 Å². The van der Waals surface area contributed by atoms with Crippen LogP contribution < -0.4 is 10.0 Å². The molecule has 2 heterocycles. The molecule has 0 saturated carbocycles. The SMILES string of the molecule is O=C(CCNS(=O)(=O)c1ccc(F)cc1)N1CCN2C(=O)NC[C@@H]2C1. The van der Waals surface area contributed by atoms with Crippen molar-refractivity contribution in [1.29, 1.82) is 0 Å². The number of halogens is 1. The molecule has 0 unspecified atom stereocenters. The van der Waals surface area contributed by atoms with Gasteiger partial charge < -0.3 is 15.1 Å². The zero-order chi connectivity index (χ0) is 18.0. The quantitative estimate of drug-likeness (QED) is 0.745. The Hall–Kier alpha value is -2.20. The second-order valence-electron chi connectivity index (χ2n) is 5.97. The number of nitrogens with one attached hydrogen (secondary N) is 2. The molecule has 0 aromatic heterocycles. The van der Waals surface area contributed by atoms with Gasteiger partial charge in [-0.3, -0.25) is 4.79 Å². The summed E-state index contributed by atoms with van der Waals surface area (Å²) in [6, 6.07) is 4.34. The second kappa shape index (κ2) is 6.96. The van der Waals surface area contributed by atoms with Crippen molar-refractivity contribution in [3.05, 3.63) is 30.1 Å². The average Bonchev–Trinajstić information content (AvgIpc) is 2.95. The lowest BCUT2D eigenvalue weighted by atomic mass is 10.2. The van der Waals surface area contributed by atoms with Gasteiger partial charge in [0.1, 0.15) is 5.82 Å². The van der Waals surface area contributed by atoms with E-state index in [2.05, 4.69) is 10.0 Å². The number of carbonyl (C=O) groups is 2. The molecule has 0 radical (unpaired) electrons. The molecule has 0 spiro atoms. The first-order valence-corrected chi connectivity index (χ1v) is 9.42. The van der Waals surface area contributed by atoms with Crippen molar-refractivity contribution >= 4 is 22.0 Å². The van der Waals surface area contributed by atoms with E-state index >= 15 is 0 Å². The van der Waals surface area contributed by atoms with Gasteiger partial charge in [0.2, 0.25) is 15.9 Å². The highest BCUT2D eigenvalue weighted by molar-refractivity contribution is 7.89. The van der Waals surface area contributed by atoms with Crippen LogP contribution in [0.5, 0.6) is 0 Å². The summed E-state index contributed by atoms with van der Waals surface area (Å²) in [5.41, 5.74) is 0. The summed E-state index contributed by atoms with van der Waals surface area (Å²) < 4.78 is 39.4. The third-order valence-corrected chi connectivity index (χ3v) is 5.82. The topological polar surface area (TPSA) is 98.8 Å². The minimum atomic E-state index is -3.78. The Morgan fingerprint density at radius 2 is 2.00 bits per heavy atom. The molecule has 2 aliphatic heterocycles. The maximum atomic E-state index is 12.9. The highest BCUT2D eigenvalue weighted by atomic mass is 32.2. The normalized spacial score (nSPS) is 20.4. The van der Waals surface area contributed by atoms with Crippen molar-refractivity contribution in [2.45, 2.75) is 17.4 Å². The predicted molar refractivity (Wildman–Crippen MR) is 86.7 cm³/mol. The van der Waals surface area contributed by atoms with E-state index in [-0.39, 0.29) is 35.8 Å². The monoisotopic (exact) mass is 370 g/mol. The van der Waals surface area contributed by atoms with E-state index in [1.54, 1.807) is 9.80 Å². The zero-order valence-corrected chi connectivity index (χ0v) is 14.3. The molecule has 0 bridgehead atoms. The Kier molecular flexibility index (Phi) is 4.91. The van der Waals surface area contributed by atoms with Crippen LogP contribution in [0.4, 0.5) is 9.18 Å². The van der Waals surface area contributed by atoms with E-state index in [4.69, 9.17) is 0 Å². The summed E-state index contributed by atoms with van der Waals surface area (Å²) in [7, 11) is -3.78. The van der Waals surface area contributed by atoms with Crippen LogP contribution in [0.3, 0.4) is 0 Å². The fraction of sp³-hybridized carbons (Fsp3) is 0.467. The standard InChI is InChI=1S/C15H19FN4O4S/c16-11-1-3-13(4-2-11)25(23,24)18-6-5-14(21)19-7-8-20-12(10-19)9-17-15(20)22/h1-4,12,18H,5-10H2,(H,17,22)/t12-/m1/s1. The van der Waals surface area contributed by atoms with Gasteiger partial charge in [0.15, 0.2) is 0 Å². The number of carbonyl (C=O) groups excluding carboxylic acids is 2. The van der Waals surface area contributed by atoms with Gasteiger partial charge in [-0.2, -0.15) is 0 Å². The molecular formula is C15H19FN4O4S. The number of hydrogen-bond donors (Lipinski definition) is 2. The Bertz CT molecular complexity index is 768. The molecule has 136 valence electrons. The van der Waals surface area contributed by atoms with Crippen molar-refractivity contribution in [2.24, 2.45) is 0 Å². The Morgan fingerprint density at radius 3 is 2.72 bits per heavy atom. The van der Waals surface area contributed by atoms with Gasteiger partial charge in [-0.1, -0.05) is 0 Å². The zero-order valence-electron chi connectivity index (χ0n) is 13.4. The Balaban J connectivity index is 1.49. The van der Waals surface area contributed by atoms with Crippen LogP contribution >= 0.6 is 0 Å². The lowest BCUT2D eigenvalue weighted by molar-refractivity contribution is -0.133. The summed E-state index contributed by atoms with van der Waals surface area (Å²) in [6.45, 7) is 1.83. The number of nitrogens with zero attached hydrogens (tertiary/aromatic N) is 2. The molecule has 8 nitrogen and oxygen atoms in total. The van der Waals surface area contributed by atoms with Crippen LogP contribution in [0.2, 0.25) is 0 Å². The van der Waals surface area contributed by atoms with Crippen LogP contribution in [0.25, 0.3) is 0 Å². The number of fused-ring (bicyclic) bond motifs is 1. The third-order valence-electron chi connectivity index (χ3n) is 4.34. The van der Waals surface area contributed by atoms with Gasteiger partial charge in [0.05, 0.1) is 10.9 Å². The molecule has 25 heavy (non-hydrogen) atoms. The van der Waals surface area contributed by atoms with E-state index in [1.165, 1.54) is 12.1 Å². The average molecular weight is 370 g/mol. The van der Waals surface area contributed by atoms with Gasteiger partial charge >= 0.3 is 6.03 Å². The Labute approximate surface area is 145 Å². The smallest absolute Gasteiger partial charge is 0.317 e. The first-order chi connectivity index (χ1) is 11.9. The van der Waals surface area contributed by atoms with E-state index < -0.39 is 15.8 Å². The molecule has 1 atom stereocenters. The van der Waals surface area contributed by atoms with E-state index in [9.17, 15) is 22.4 Å². The fourth-order valence-electron chi connectivity index (χ4n) is 2.98. The summed E-state index contributed by atoms with van der Waals surface area (Å²) in [6.07, 6.45) is 0.0223. The van der Waals surface area contributed by atoms with Gasteiger partial charge in [0, 0.05) is 39.1 Å². The predicted octanol–water partition coefficient (Wildman–Crippen LogP) is -0.270. The van der Waals surface area contributed by atoms with Gasteiger partial charge in [0.25, 0.3) is 0 Å². The largest absolute Gasteiger partial charge is 0.339 e. The molecular weight excluding hydrogens is 351 g/mol. The minimum absolute atomic E-state index is 0.0223. The number of rotatable bonds is 5. The van der Waals surface area contributed by atoms with Crippen LogP contribution in [0.1, 0.15) is 6.42 Å². The summed E-state index contributed by atoms with van der Waals surface area (Å²) in [4.78, 5) is 27.1. The van der Waals surface area contributed by atoms with Gasteiger partial charge in [-0.05, 0) is 24.3 Å². The van der Waals surface area contributed by atoms with E-state index in [1.807, 2.05) is 0 Å². The second-order valence-corrected chi connectivity index (χ2v) is 7.74. The lowest BCUT2D eigenvalue weighted by Crippen LogP contribution is -2.54. The van der Waals surface area contributed by atoms with E-state index in [0.29, 0.717) is 26.2 Å². The lowest BCUT2D eigenvalue weighted by Gasteiger charge is -2.36. The number of urea groups is 1. The molecule has 3 rings (SSSR count). The number of piperazine rings is 1. The molecule has 2 N–H and O–H groups in total. The number of sulfonamides is 1. The minimum Gasteiger partial charge on any atom is -0.339 e. The summed E-state index contributed by atoms with van der Waals surface area (Å²) in [5.74, 6) is -0.686. The molecule has 1 aromatic rings. The molecule has 0 aliphatic carbocycles. The van der Waals surface area contributed by atoms with Gasteiger partial charge in [-0.15, -0.1) is 0 Å². The maximum Gasteiger partial charge on any atom is 0.317 e. The van der Waals surface area contributed by atoms with Crippen molar-refractivity contribution < 1.29 is 22.4 Å². The molecule has 10 heteroatoms. The van der Waals surface area contributed by atoms with E-state index in [0.717, 1.165) is 12.1 Å². The number of benzene rings is 1. The number of amides is 3. The van der Waals surface area contributed by atoms with Crippen LogP contribution in [0.15, 0.2) is 29.2 Å². The molecule has 2 saturated heterocycles. The molecule has 2 fully saturated rings. The highest BCUT2D eigenvalue weighted by Crippen LogP contribution is 2.15. The van der Waals surface area contributed by atoms with Crippen molar-refractivity contribution in [1.82, 2.24) is 19.8 Å². The first kappa shape index (κ1) is 17.6. The fourth-order valence-corrected chi connectivity index (χ4v) is 4.01. The highest BCUT2D eigenvalue weighted by Gasteiger charge is 2.36. The summed E-state index contributed by atoms with van der Waals surface area (Å²) >= 11 is 0. The Morgan fingerprint density at radius 1 is 1.28 bits per heavy atom. The van der Waals surface area contributed by atoms with Gasteiger partial charge in [-0.25, -0.2) is 22.3 Å². The third kappa shape index (κ3) is 3.90. The maximum absolute atomic E-state index is 12.9. The van der Waals surface area contributed by atoms with Crippen LogP contribution in [0, 0.1) is 5.82 Å². The van der Waals surface area contributed by atoms with Crippen LogP contribution in [-0.2, 0) is 14.8 Å². The first-order valence-electron chi connectivity index (χ1n) is 7.94.